The third kappa shape index (κ3) is 4.13. The van der Waals surface area contributed by atoms with Gasteiger partial charge in [-0.05, 0) is 31.9 Å². The highest BCUT2D eigenvalue weighted by molar-refractivity contribution is 7.90. The Bertz CT molecular complexity index is 715. The minimum absolute atomic E-state index is 0.0819. The summed E-state index contributed by atoms with van der Waals surface area (Å²) in [7, 11) is -3.49. The third-order valence-corrected chi connectivity index (χ3v) is 4.54. The van der Waals surface area contributed by atoms with Crippen molar-refractivity contribution in [1.29, 1.82) is 0 Å². The summed E-state index contributed by atoms with van der Waals surface area (Å²) in [5, 5.41) is 13.1. The molecule has 1 aromatic rings. The lowest BCUT2D eigenvalue weighted by Crippen LogP contribution is -2.43. The fraction of sp³-hybridized carbons (Fsp3) is 0.429. The first-order valence-corrected chi connectivity index (χ1v) is 8.97. The number of benzene rings is 1. The molecule has 8 nitrogen and oxygen atoms in total. The van der Waals surface area contributed by atoms with Gasteiger partial charge in [0.1, 0.15) is 12.3 Å². The van der Waals surface area contributed by atoms with Gasteiger partial charge in [0.05, 0.1) is 16.3 Å². The van der Waals surface area contributed by atoms with Gasteiger partial charge >= 0.3 is 6.09 Å². The van der Waals surface area contributed by atoms with Crippen molar-refractivity contribution in [3.05, 3.63) is 18.2 Å². The van der Waals surface area contributed by atoms with Gasteiger partial charge in [-0.15, -0.1) is 0 Å². The molecule has 0 aliphatic heterocycles. The first-order valence-electron chi connectivity index (χ1n) is 7.07. The summed E-state index contributed by atoms with van der Waals surface area (Å²) in [5.41, 5.74) is 3.23. The number of hydrogen-bond acceptors (Lipinski definition) is 6. The van der Waals surface area contributed by atoms with E-state index in [0.717, 1.165) is 24.1 Å². The standard InChI is InChI=1S/C14H19N3O5S/c1-9(8-18)17(14(19)20)16-11-4-3-5-12(23(2,21)22)13(11)15-10-6-7-10/h3-5,8-10,15-16H,6-7H2,1-2H3,(H,19,20). The van der Waals surface area contributed by atoms with Gasteiger partial charge in [0, 0.05) is 12.3 Å². The zero-order valence-corrected chi connectivity index (χ0v) is 13.6. The molecule has 23 heavy (non-hydrogen) atoms. The summed E-state index contributed by atoms with van der Waals surface area (Å²) in [4.78, 5) is 22.3. The minimum atomic E-state index is -3.49. The number of sulfone groups is 1. The Morgan fingerprint density at radius 1 is 1.43 bits per heavy atom. The molecule has 1 aromatic carbocycles. The van der Waals surface area contributed by atoms with E-state index in [9.17, 15) is 23.1 Å². The second-order valence-corrected chi connectivity index (χ2v) is 7.49. The number of para-hydroxylation sites is 1. The maximum absolute atomic E-state index is 12.0. The Morgan fingerprint density at radius 2 is 2.09 bits per heavy atom. The highest BCUT2D eigenvalue weighted by atomic mass is 32.2. The fourth-order valence-electron chi connectivity index (χ4n) is 2.03. The predicted octanol–water partition coefficient (Wildman–Crippen LogP) is 1.56. The van der Waals surface area contributed by atoms with E-state index in [1.807, 2.05) is 0 Å². The summed E-state index contributed by atoms with van der Waals surface area (Å²) >= 11 is 0. The number of hydrazine groups is 1. The summed E-state index contributed by atoms with van der Waals surface area (Å²) in [5.74, 6) is 0. The van der Waals surface area contributed by atoms with Gasteiger partial charge in [-0.3, -0.25) is 5.43 Å². The highest BCUT2D eigenvalue weighted by Gasteiger charge is 2.27. The van der Waals surface area contributed by atoms with Crippen LogP contribution in [0.15, 0.2) is 23.1 Å². The smallest absolute Gasteiger partial charge is 0.426 e. The van der Waals surface area contributed by atoms with Crippen LogP contribution in [0.3, 0.4) is 0 Å². The second kappa shape index (κ2) is 6.45. The summed E-state index contributed by atoms with van der Waals surface area (Å²) in [6, 6.07) is 3.78. The highest BCUT2D eigenvalue weighted by Crippen LogP contribution is 2.35. The number of nitrogens with zero attached hydrogens (tertiary/aromatic N) is 1. The normalized spacial score (nSPS) is 15.6. The SMILES string of the molecule is CC(C=O)N(Nc1cccc(S(C)(=O)=O)c1NC1CC1)C(=O)O. The van der Waals surface area contributed by atoms with Crippen molar-refractivity contribution in [3.8, 4) is 0 Å². The van der Waals surface area contributed by atoms with Crippen molar-refractivity contribution in [1.82, 2.24) is 5.01 Å². The number of nitrogens with one attached hydrogen (secondary N) is 2. The van der Waals surface area contributed by atoms with Crippen LogP contribution >= 0.6 is 0 Å². The van der Waals surface area contributed by atoms with Crippen LogP contribution in [-0.4, -0.2) is 49.3 Å². The molecule has 1 unspecified atom stereocenters. The number of anilines is 2. The molecule has 0 heterocycles. The molecule has 9 heteroatoms. The molecule has 0 spiro atoms. The van der Waals surface area contributed by atoms with Gasteiger partial charge in [-0.2, -0.15) is 0 Å². The Labute approximate surface area is 134 Å². The molecule has 1 aliphatic carbocycles. The lowest BCUT2D eigenvalue weighted by molar-refractivity contribution is -0.111. The zero-order chi connectivity index (χ0) is 17.2. The average molecular weight is 341 g/mol. The fourth-order valence-corrected chi connectivity index (χ4v) is 2.89. The molecule has 1 saturated carbocycles. The van der Waals surface area contributed by atoms with Gasteiger partial charge in [-0.25, -0.2) is 18.2 Å². The van der Waals surface area contributed by atoms with E-state index in [1.165, 1.54) is 19.1 Å². The van der Waals surface area contributed by atoms with Gasteiger partial charge in [0.2, 0.25) is 0 Å². The molecule has 126 valence electrons. The molecule has 0 bridgehead atoms. The molecule has 0 radical (unpaired) electrons. The van der Waals surface area contributed by atoms with Crippen molar-refractivity contribution < 1.29 is 23.1 Å². The molecule has 1 atom stereocenters. The molecule has 2 rings (SSSR count). The second-order valence-electron chi connectivity index (χ2n) is 5.51. The maximum atomic E-state index is 12.0. The number of carboxylic acid groups (broad SMARTS) is 1. The molecular formula is C14H19N3O5S. The molecule has 0 saturated heterocycles. The summed E-state index contributed by atoms with van der Waals surface area (Å²) in [6.45, 7) is 1.42. The molecule has 1 aliphatic rings. The lowest BCUT2D eigenvalue weighted by atomic mass is 10.2. The van der Waals surface area contributed by atoms with Crippen molar-refractivity contribution in [2.24, 2.45) is 0 Å². The van der Waals surface area contributed by atoms with Crippen LogP contribution in [0.1, 0.15) is 19.8 Å². The van der Waals surface area contributed by atoms with Crippen LogP contribution in [0.2, 0.25) is 0 Å². The van der Waals surface area contributed by atoms with Crippen LogP contribution in [0.4, 0.5) is 16.2 Å². The number of carbonyl (C=O) groups is 2. The van der Waals surface area contributed by atoms with Crippen molar-refractivity contribution in [2.75, 3.05) is 17.0 Å². The van der Waals surface area contributed by atoms with Crippen LogP contribution in [0, 0.1) is 0 Å². The topological polar surface area (TPSA) is 116 Å². The van der Waals surface area contributed by atoms with Gasteiger partial charge < -0.3 is 15.2 Å². The minimum Gasteiger partial charge on any atom is -0.464 e. The van der Waals surface area contributed by atoms with Gasteiger partial charge in [-0.1, -0.05) is 6.07 Å². The molecule has 1 amide bonds. The van der Waals surface area contributed by atoms with E-state index in [1.54, 1.807) is 6.07 Å². The first kappa shape index (κ1) is 17.1. The van der Waals surface area contributed by atoms with Crippen molar-refractivity contribution in [2.45, 2.75) is 36.7 Å². The molecule has 0 aromatic heterocycles. The van der Waals surface area contributed by atoms with E-state index < -0.39 is 22.0 Å². The largest absolute Gasteiger partial charge is 0.464 e. The monoisotopic (exact) mass is 341 g/mol. The van der Waals surface area contributed by atoms with Gasteiger partial charge in [0.25, 0.3) is 0 Å². The van der Waals surface area contributed by atoms with Crippen molar-refractivity contribution in [3.63, 3.8) is 0 Å². The van der Waals surface area contributed by atoms with Gasteiger partial charge in [0.15, 0.2) is 9.84 Å². The molecule has 3 N–H and O–H groups in total. The van der Waals surface area contributed by atoms with Crippen molar-refractivity contribution >= 4 is 33.6 Å². The average Bonchev–Trinajstić information content (AvgIpc) is 3.27. The number of rotatable bonds is 7. The first-order chi connectivity index (χ1) is 10.7. The van der Waals surface area contributed by atoms with Crippen LogP contribution in [0.5, 0.6) is 0 Å². The number of aldehydes is 1. The quantitative estimate of drug-likeness (QED) is 0.509. The van der Waals surface area contributed by atoms with E-state index in [4.69, 9.17) is 0 Å². The lowest BCUT2D eigenvalue weighted by Gasteiger charge is -2.26. The molecule has 1 fully saturated rings. The van der Waals surface area contributed by atoms with E-state index in [2.05, 4.69) is 10.7 Å². The zero-order valence-electron chi connectivity index (χ0n) is 12.8. The third-order valence-electron chi connectivity index (χ3n) is 3.40. The number of carbonyl (C=O) groups excluding carboxylic acids is 1. The Morgan fingerprint density at radius 3 is 2.57 bits per heavy atom. The van der Waals surface area contributed by atoms with E-state index in [-0.39, 0.29) is 16.6 Å². The van der Waals surface area contributed by atoms with Crippen LogP contribution < -0.4 is 10.7 Å². The van der Waals surface area contributed by atoms with Crippen LogP contribution in [-0.2, 0) is 14.6 Å². The van der Waals surface area contributed by atoms with E-state index >= 15 is 0 Å². The Balaban J connectivity index is 2.44. The number of amides is 1. The van der Waals surface area contributed by atoms with E-state index in [0.29, 0.717) is 12.0 Å². The Hall–Kier alpha value is -2.29. The summed E-state index contributed by atoms with van der Waals surface area (Å²) in [6.07, 6.45) is 2.07. The predicted molar refractivity (Wildman–Crippen MR) is 85.2 cm³/mol. The number of hydrogen-bond donors (Lipinski definition) is 3. The maximum Gasteiger partial charge on any atom is 0.426 e. The molecular weight excluding hydrogens is 322 g/mol. The Kier molecular flexibility index (Phi) is 4.79. The van der Waals surface area contributed by atoms with Crippen LogP contribution in [0.25, 0.3) is 0 Å². The summed E-state index contributed by atoms with van der Waals surface area (Å²) < 4.78 is 23.9.